The molecule has 0 amide bonds. The van der Waals surface area contributed by atoms with Gasteiger partial charge >= 0.3 is 0 Å². The molecule has 0 saturated carbocycles. The molecule has 2 aliphatic heterocycles. The first kappa shape index (κ1) is 7.43. The van der Waals surface area contributed by atoms with E-state index in [1.807, 2.05) is 0 Å². The topological polar surface area (TPSA) is 3.24 Å². The largest absolute Gasteiger partial charge is 0.368 e. The maximum absolute atomic E-state index is 2.61. The van der Waals surface area contributed by atoms with Gasteiger partial charge in [0.25, 0.3) is 0 Å². The fourth-order valence-electron chi connectivity index (χ4n) is 2.78. The van der Waals surface area contributed by atoms with Crippen molar-refractivity contribution >= 4 is 5.69 Å². The highest BCUT2D eigenvalue weighted by molar-refractivity contribution is 5.57. The van der Waals surface area contributed by atoms with Crippen LogP contribution in [0.4, 0.5) is 5.69 Å². The molecule has 68 valence electrons. The monoisotopic (exact) mass is 173 g/mol. The van der Waals surface area contributed by atoms with E-state index in [0.29, 0.717) is 0 Å². The third kappa shape index (κ3) is 1.06. The lowest BCUT2D eigenvalue weighted by molar-refractivity contribution is 0.586. The Morgan fingerprint density at radius 3 is 3.08 bits per heavy atom. The van der Waals surface area contributed by atoms with Crippen molar-refractivity contribution in [2.45, 2.75) is 31.7 Å². The van der Waals surface area contributed by atoms with Crippen molar-refractivity contribution < 1.29 is 0 Å². The van der Waals surface area contributed by atoms with Crippen LogP contribution in [0.15, 0.2) is 24.3 Å². The van der Waals surface area contributed by atoms with Gasteiger partial charge in [-0.25, -0.2) is 0 Å². The van der Waals surface area contributed by atoms with E-state index in [9.17, 15) is 0 Å². The average molecular weight is 173 g/mol. The lowest BCUT2D eigenvalue weighted by atomic mass is 9.97. The van der Waals surface area contributed by atoms with Crippen molar-refractivity contribution in [2.24, 2.45) is 0 Å². The highest BCUT2D eigenvalue weighted by atomic mass is 15.2. The molecule has 1 saturated heterocycles. The van der Waals surface area contributed by atoms with E-state index in [4.69, 9.17) is 0 Å². The highest BCUT2D eigenvalue weighted by Gasteiger charge is 2.29. The fraction of sp³-hybridized carbons (Fsp3) is 0.500. The van der Waals surface area contributed by atoms with Crippen LogP contribution in [0, 0.1) is 0 Å². The lowest BCUT2D eigenvalue weighted by Gasteiger charge is -2.33. The maximum atomic E-state index is 2.61. The number of aryl methyl sites for hydroxylation is 1. The third-order valence-electron chi connectivity index (χ3n) is 3.43. The van der Waals surface area contributed by atoms with E-state index < -0.39 is 0 Å². The van der Waals surface area contributed by atoms with Crippen molar-refractivity contribution in [3.05, 3.63) is 29.8 Å². The summed E-state index contributed by atoms with van der Waals surface area (Å²) in [6.45, 7) is 1.28. The minimum Gasteiger partial charge on any atom is -0.368 e. The summed E-state index contributed by atoms with van der Waals surface area (Å²) in [5.41, 5.74) is 3.07. The molecule has 1 heteroatoms. The van der Waals surface area contributed by atoms with Gasteiger partial charge in [-0.15, -0.1) is 0 Å². The number of hydrogen-bond acceptors (Lipinski definition) is 1. The SMILES string of the molecule is c1ccc2c(c1)CCC1CCCN21. The molecule has 0 aromatic heterocycles. The van der Waals surface area contributed by atoms with Crippen molar-refractivity contribution in [2.75, 3.05) is 11.4 Å². The Bertz CT molecular complexity index is 319. The first-order valence-corrected chi connectivity index (χ1v) is 5.30. The quantitative estimate of drug-likeness (QED) is 0.583. The van der Waals surface area contributed by atoms with Gasteiger partial charge in [0.15, 0.2) is 0 Å². The minimum absolute atomic E-state index is 0.856. The number of para-hydroxylation sites is 1. The number of fused-ring (bicyclic) bond motifs is 3. The minimum atomic E-state index is 0.856. The number of nitrogens with zero attached hydrogens (tertiary/aromatic N) is 1. The van der Waals surface area contributed by atoms with E-state index in [-0.39, 0.29) is 0 Å². The summed E-state index contributed by atoms with van der Waals surface area (Å²) >= 11 is 0. The smallest absolute Gasteiger partial charge is 0.0401 e. The van der Waals surface area contributed by atoms with Gasteiger partial charge in [-0.05, 0) is 37.3 Å². The summed E-state index contributed by atoms with van der Waals surface area (Å²) in [4.78, 5) is 2.61. The van der Waals surface area contributed by atoms with Crippen LogP contribution in [0.25, 0.3) is 0 Å². The molecular formula is C12H15N. The van der Waals surface area contributed by atoms with E-state index >= 15 is 0 Å². The van der Waals surface area contributed by atoms with Gasteiger partial charge in [0.2, 0.25) is 0 Å². The number of benzene rings is 1. The molecule has 1 nitrogen and oxygen atoms in total. The second-order valence-corrected chi connectivity index (χ2v) is 4.16. The van der Waals surface area contributed by atoms with Gasteiger partial charge in [0.05, 0.1) is 0 Å². The van der Waals surface area contributed by atoms with Crippen LogP contribution < -0.4 is 4.90 Å². The van der Waals surface area contributed by atoms with Crippen LogP contribution >= 0.6 is 0 Å². The van der Waals surface area contributed by atoms with Gasteiger partial charge in [0.1, 0.15) is 0 Å². The third-order valence-corrected chi connectivity index (χ3v) is 3.43. The van der Waals surface area contributed by atoms with Crippen LogP contribution in [0.1, 0.15) is 24.8 Å². The number of hydrogen-bond donors (Lipinski definition) is 0. The highest BCUT2D eigenvalue weighted by Crippen LogP contribution is 2.35. The molecule has 13 heavy (non-hydrogen) atoms. The summed E-state index contributed by atoms with van der Waals surface area (Å²) < 4.78 is 0. The summed E-state index contributed by atoms with van der Waals surface area (Å²) in [6.07, 6.45) is 5.46. The first-order valence-electron chi connectivity index (χ1n) is 5.30. The fourth-order valence-corrected chi connectivity index (χ4v) is 2.78. The lowest BCUT2D eigenvalue weighted by Crippen LogP contribution is -2.33. The second kappa shape index (κ2) is 2.76. The molecular weight excluding hydrogens is 158 g/mol. The zero-order valence-corrected chi connectivity index (χ0v) is 7.87. The summed E-state index contributed by atoms with van der Waals surface area (Å²) in [7, 11) is 0. The maximum Gasteiger partial charge on any atom is 0.0401 e. The van der Waals surface area contributed by atoms with Crippen LogP contribution in [0.2, 0.25) is 0 Å². The molecule has 0 bridgehead atoms. The van der Waals surface area contributed by atoms with Crippen LogP contribution in [-0.2, 0) is 6.42 Å². The van der Waals surface area contributed by atoms with Gasteiger partial charge < -0.3 is 4.90 Å². The van der Waals surface area contributed by atoms with Crippen LogP contribution in [0.5, 0.6) is 0 Å². The van der Waals surface area contributed by atoms with E-state index in [0.717, 1.165) is 6.04 Å². The molecule has 1 fully saturated rings. The Balaban J connectivity index is 2.06. The molecule has 0 radical (unpaired) electrons. The standard InChI is InChI=1S/C12H15N/c1-2-6-12-10(4-1)7-8-11-5-3-9-13(11)12/h1-2,4,6,11H,3,5,7-9H2. The van der Waals surface area contributed by atoms with Gasteiger partial charge in [-0.2, -0.15) is 0 Å². The zero-order chi connectivity index (χ0) is 8.67. The first-order chi connectivity index (χ1) is 6.45. The van der Waals surface area contributed by atoms with E-state index in [1.54, 1.807) is 5.56 Å². The number of rotatable bonds is 0. The number of anilines is 1. The molecule has 2 aliphatic rings. The summed E-state index contributed by atoms with van der Waals surface area (Å²) in [6, 6.07) is 9.75. The van der Waals surface area contributed by atoms with Crippen LogP contribution in [0.3, 0.4) is 0 Å². The summed E-state index contributed by atoms with van der Waals surface area (Å²) in [5, 5.41) is 0. The second-order valence-electron chi connectivity index (χ2n) is 4.16. The Morgan fingerprint density at radius 2 is 2.08 bits per heavy atom. The van der Waals surface area contributed by atoms with Gasteiger partial charge in [0, 0.05) is 18.3 Å². The van der Waals surface area contributed by atoms with Crippen molar-refractivity contribution in [3.63, 3.8) is 0 Å². The van der Waals surface area contributed by atoms with Crippen molar-refractivity contribution in [3.8, 4) is 0 Å². The normalized spacial score (nSPS) is 25.5. The molecule has 1 aromatic rings. The van der Waals surface area contributed by atoms with E-state index in [1.165, 1.54) is 37.9 Å². The predicted molar refractivity (Wildman–Crippen MR) is 55.1 cm³/mol. The van der Waals surface area contributed by atoms with E-state index in [2.05, 4.69) is 29.2 Å². The van der Waals surface area contributed by atoms with Gasteiger partial charge in [-0.3, -0.25) is 0 Å². The summed E-state index contributed by atoms with van der Waals surface area (Å²) in [5.74, 6) is 0. The van der Waals surface area contributed by atoms with Crippen molar-refractivity contribution in [1.29, 1.82) is 0 Å². The molecule has 1 atom stereocenters. The molecule has 0 spiro atoms. The van der Waals surface area contributed by atoms with Crippen molar-refractivity contribution in [1.82, 2.24) is 0 Å². The molecule has 0 N–H and O–H groups in total. The Morgan fingerprint density at radius 1 is 1.15 bits per heavy atom. The molecule has 0 aliphatic carbocycles. The molecule has 2 heterocycles. The Labute approximate surface area is 79.4 Å². The molecule has 1 unspecified atom stereocenters. The molecule has 3 rings (SSSR count). The Hall–Kier alpha value is -0.980. The molecule has 1 aromatic carbocycles. The average Bonchev–Trinajstić information content (AvgIpc) is 2.65. The zero-order valence-electron chi connectivity index (χ0n) is 7.87. The predicted octanol–water partition coefficient (Wildman–Crippen LogP) is 2.60. The van der Waals surface area contributed by atoms with Crippen LogP contribution in [-0.4, -0.2) is 12.6 Å². The Kier molecular flexibility index (Phi) is 1.58. The van der Waals surface area contributed by atoms with Gasteiger partial charge in [-0.1, -0.05) is 18.2 Å².